The Bertz CT molecular complexity index is 103. The van der Waals surface area contributed by atoms with Crippen molar-refractivity contribution >= 4 is 0 Å². The van der Waals surface area contributed by atoms with Crippen molar-refractivity contribution in [3.05, 3.63) is 6.92 Å². The van der Waals surface area contributed by atoms with E-state index in [1.165, 1.54) is 44.9 Å². The summed E-state index contributed by atoms with van der Waals surface area (Å²) in [6.45, 7) is 11.0. The molecular formula is C13H27. The van der Waals surface area contributed by atoms with Gasteiger partial charge in [0.25, 0.3) is 0 Å². The standard InChI is InChI=1S/C13H27/c1-5-7-9-10-12-13(3,4)11-8-6-2/h1,5-12H2,2-4H3. The second-order valence-electron chi connectivity index (χ2n) is 4.93. The van der Waals surface area contributed by atoms with Crippen molar-refractivity contribution in [3.63, 3.8) is 0 Å². The van der Waals surface area contributed by atoms with E-state index in [-0.39, 0.29) is 0 Å². The van der Waals surface area contributed by atoms with Gasteiger partial charge in [0.1, 0.15) is 0 Å². The SMILES string of the molecule is [CH2]CCCCCC(C)(C)CCCC. The van der Waals surface area contributed by atoms with Crippen molar-refractivity contribution in [1.29, 1.82) is 0 Å². The second-order valence-corrected chi connectivity index (χ2v) is 4.93. The maximum atomic E-state index is 3.87. The maximum Gasteiger partial charge on any atom is -0.0354 e. The summed E-state index contributed by atoms with van der Waals surface area (Å²) in [4.78, 5) is 0. The van der Waals surface area contributed by atoms with Gasteiger partial charge in [0, 0.05) is 0 Å². The third-order valence-corrected chi connectivity index (χ3v) is 2.81. The van der Waals surface area contributed by atoms with E-state index >= 15 is 0 Å². The Morgan fingerprint density at radius 2 is 1.54 bits per heavy atom. The summed E-state index contributed by atoms with van der Waals surface area (Å²) in [6, 6.07) is 0. The van der Waals surface area contributed by atoms with E-state index in [2.05, 4.69) is 27.7 Å². The predicted octanol–water partition coefficient (Wildman–Crippen LogP) is 4.99. The van der Waals surface area contributed by atoms with Crippen molar-refractivity contribution in [2.75, 3.05) is 0 Å². The van der Waals surface area contributed by atoms with Gasteiger partial charge in [-0.2, -0.15) is 0 Å². The Hall–Kier alpha value is 0. The van der Waals surface area contributed by atoms with Crippen LogP contribution < -0.4 is 0 Å². The van der Waals surface area contributed by atoms with Gasteiger partial charge in [0.2, 0.25) is 0 Å². The average Bonchev–Trinajstić information content (AvgIpc) is 2.09. The zero-order valence-electron chi connectivity index (χ0n) is 9.86. The Morgan fingerprint density at radius 1 is 0.923 bits per heavy atom. The molecule has 0 spiro atoms. The summed E-state index contributed by atoms with van der Waals surface area (Å²) in [5, 5.41) is 0. The van der Waals surface area contributed by atoms with E-state index < -0.39 is 0 Å². The van der Waals surface area contributed by atoms with Crippen LogP contribution in [-0.2, 0) is 0 Å². The fraction of sp³-hybridized carbons (Fsp3) is 0.923. The number of hydrogen-bond donors (Lipinski definition) is 0. The third-order valence-electron chi connectivity index (χ3n) is 2.81. The van der Waals surface area contributed by atoms with E-state index in [4.69, 9.17) is 0 Å². The molecule has 0 aliphatic rings. The van der Waals surface area contributed by atoms with Crippen LogP contribution in [0.5, 0.6) is 0 Å². The highest BCUT2D eigenvalue weighted by Crippen LogP contribution is 2.29. The molecule has 0 saturated heterocycles. The molecule has 0 nitrogen and oxygen atoms in total. The number of rotatable bonds is 8. The lowest BCUT2D eigenvalue weighted by Gasteiger charge is -2.24. The molecule has 79 valence electrons. The van der Waals surface area contributed by atoms with Gasteiger partial charge in [0.05, 0.1) is 0 Å². The molecule has 0 rings (SSSR count). The largest absolute Gasteiger partial charge is 0.0654 e. The van der Waals surface area contributed by atoms with Crippen molar-refractivity contribution in [2.45, 2.75) is 72.1 Å². The molecule has 0 heterocycles. The van der Waals surface area contributed by atoms with Crippen LogP contribution in [0.15, 0.2) is 0 Å². The molecule has 0 heteroatoms. The predicted molar refractivity (Wildman–Crippen MR) is 61.7 cm³/mol. The van der Waals surface area contributed by atoms with Crippen LogP contribution >= 0.6 is 0 Å². The molecule has 13 heavy (non-hydrogen) atoms. The molecule has 0 aromatic rings. The monoisotopic (exact) mass is 183 g/mol. The molecule has 0 N–H and O–H groups in total. The number of hydrogen-bond acceptors (Lipinski definition) is 0. The third kappa shape index (κ3) is 8.33. The van der Waals surface area contributed by atoms with Crippen LogP contribution in [-0.4, -0.2) is 0 Å². The molecular weight excluding hydrogens is 156 g/mol. The second kappa shape index (κ2) is 7.41. The van der Waals surface area contributed by atoms with Gasteiger partial charge in [-0.25, -0.2) is 0 Å². The molecule has 0 unspecified atom stereocenters. The van der Waals surface area contributed by atoms with Gasteiger partial charge in [-0.15, -0.1) is 0 Å². The minimum absolute atomic E-state index is 0.581. The Morgan fingerprint density at radius 3 is 2.08 bits per heavy atom. The molecule has 0 bridgehead atoms. The lowest BCUT2D eigenvalue weighted by atomic mass is 9.82. The van der Waals surface area contributed by atoms with Gasteiger partial charge in [-0.1, -0.05) is 66.2 Å². The van der Waals surface area contributed by atoms with Crippen LogP contribution in [0.3, 0.4) is 0 Å². The Labute approximate surface area is 85.1 Å². The first-order chi connectivity index (χ1) is 6.12. The summed E-state index contributed by atoms with van der Waals surface area (Å²) in [5.41, 5.74) is 0.581. The summed E-state index contributed by atoms with van der Waals surface area (Å²) < 4.78 is 0. The first-order valence-corrected chi connectivity index (χ1v) is 5.91. The Balaban J connectivity index is 3.39. The van der Waals surface area contributed by atoms with E-state index in [1.54, 1.807) is 0 Å². The van der Waals surface area contributed by atoms with E-state index in [0.717, 1.165) is 6.42 Å². The molecule has 0 aromatic heterocycles. The average molecular weight is 183 g/mol. The van der Waals surface area contributed by atoms with Crippen molar-refractivity contribution in [1.82, 2.24) is 0 Å². The first kappa shape index (κ1) is 13.0. The quantitative estimate of drug-likeness (QED) is 0.465. The van der Waals surface area contributed by atoms with E-state index in [0.29, 0.717) is 5.41 Å². The maximum absolute atomic E-state index is 3.87. The lowest BCUT2D eigenvalue weighted by Crippen LogP contribution is -2.10. The van der Waals surface area contributed by atoms with Gasteiger partial charge in [0.15, 0.2) is 0 Å². The van der Waals surface area contributed by atoms with E-state index in [1.807, 2.05) is 0 Å². The van der Waals surface area contributed by atoms with Crippen LogP contribution in [0.1, 0.15) is 72.1 Å². The zero-order chi connectivity index (χ0) is 10.2. The molecule has 0 aromatic carbocycles. The van der Waals surface area contributed by atoms with Crippen molar-refractivity contribution < 1.29 is 0 Å². The summed E-state index contributed by atoms with van der Waals surface area (Å²) in [7, 11) is 0. The highest BCUT2D eigenvalue weighted by atomic mass is 14.2. The van der Waals surface area contributed by atoms with Crippen LogP contribution in [0.25, 0.3) is 0 Å². The molecule has 0 saturated carbocycles. The fourth-order valence-corrected chi connectivity index (χ4v) is 1.74. The lowest BCUT2D eigenvalue weighted by molar-refractivity contribution is 0.286. The van der Waals surface area contributed by atoms with Gasteiger partial charge in [-0.3, -0.25) is 0 Å². The smallest absolute Gasteiger partial charge is 0.0354 e. The normalized spacial score (nSPS) is 12.0. The zero-order valence-corrected chi connectivity index (χ0v) is 9.86. The van der Waals surface area contributed by atoms with Gasteiger partial charge in [-0.05, 0) is 18.3 Å². The summed E-state index contributed by atoms with van der Waals surface area (Å²) >= 11 is 0. The highest BCUT2D eigenvalue weighted by Gasteiger charge is 2.15. The summed E-state index contributed by atoms with van der Waals surface area (Å²) in [6.07, 6.45) is 10.7. The number of unbranched alkanes of at least 4 members (excludes halogenated alkanes) is 4. The van der Waals surface area contributed by atoms with E-state index in [9.17, 15) is 0 Å². The molecule has 0 aliphatic heterocycles. The molecule has 0 aliphatic carbocycles. The highest BCUT2D eigenvalue weighted by molar-refractivity contribution is 4.68. The topological polar surface area (TPSA) is 0 Å². The summed E-state index contributed by atoms with van der Waals surface area (Å²) in [5.74, 6) is 0. The molecule has 0 amide bonds. The van der Waals surface area contributed by atoms with Crippen molar-refractivity contribution in [3.8, 4) is 0 Å². The molecule has 0 atom stereocenters. The minimum atomic E-state index is 0.581. The van der Waals surface area contributed by atoms with Crippen molar-refractivity contribution in [2.24, 2.45) is 5.41 Å². The minimum Gasteiger partial charge on any atom is -0.0654 e. The van der Waals surface area contributed by atoms with Crippen LogP contribution in [0.2, 0.25) is 0 Å². The van der Waals surface area contributed by atoms with Crippen LogP contribution in [0, 0.1) is 12.3 Å². The fourth-order valence-electron chi connectivity index (χ4n) is 1.74. The molecule has 0 fully saturated rings. The van der Waals surface area contributed by atoms with Crippen LogP contribution in [0.4, 0.5) is 0 Å². The molecule has 1 radical (unpaired) electrons. The first-order valence-electron chi connectivity index (χ1n) is 5.91. The van der Waals surface area contributed by atoms with Gasteiger partial charge >= 0.3 is 0 Å². The Kier molecular flexibility index (Phi) is 7.41. The van der Waals surface area contributed by atoms with Gasteiger partial charge < -0.3 is 0 Å².